The fourth-order valence-electron chi connectivity index (χ4n) is 0.556. The summed E-state index contributed by atoms with van der Waals surface area (Å²) in [7, 11) is 1.36. The summed E-state index contributed by atoms with van der Waals surface area (Å²) in [5, 5.41) is 0. The molecule has 0 aliphatic carbocycles. The molecular weight excluding hydrogens is 154 g/mol. The summed E-state index contributed by atoms with van der Waals surface area (Å²) in [6.45, 7) is 5.63. The van der Waals surface area contributed by atoms with E-state index in [0.29, 0.717) is 5.57 Å². The Morgan fingerprint density at radius 1 is 1.50 bits per heavy atom. The van der Waals surface area contributed by atoms with Gasteiger partial charge in [-0.05, 0) is 26.8 Å². The first kappa shape index (κ1) is 10.9. The molecule has 0 N–H and O–H groups in total. The largest absolute Gasteiger partial charge is 0.466 e. The quantitative estimate of drug-likeness (QED) is 0.365. The van der Waals surface area contributed by atoms with E-state index in [9.17, 15) is 4.79 Å². The van der Waals surface area contributed by atoms with E-state index in [0.717, 1.165) is 0 Å². The Balaban J connectivity index is 4.09. The molecule has 0 spiro atoms. The average Bonchev–Trinajstić information content (AvgIpc) is 2.02. The number of hydrogen-bond donors (Lipinski definition) is 0. The summed E-state index contributed by atoms with van der Waals surface area (Å²) in [5.74, 6) is -0.315. The molecule has 0 fully saturated rings. The minimum absolute atomic E-state index is 0.256. The van der Waals surface area contributed by atoms with Crippen molar-refractivity contribution in [3.63, 3.8) is 0 Å². The Kier molecular flexibility index (Phi) is 5.00. The van der Waals surface area contributed by atoms with E-state index >= 15 is 0 Å². The van der Waals surface area contributed by atoms with Crippen molar-refractivity contribution in [3.05, 3.63) is 11.6 Å². The lowest BCUT2D eigenvalue weighted by molar-refractivity contribution is -0.136. The van der Waals surface area contributed by atoms with E-state index in [1.807, 2.05) is 13.8 Å². The first-order valence-corrected chi connectivity index (χ1v) is 3.86. The molecule has 0 aromatic carbocycles. The number of allylic oxidation sites excluding steroid dienone is 1. The molecule has 0 saturated heterocycles. The Morgan fingerprint density at radius 2 is 2.08 bits per heavy atom. The molecule has 0 aliphatic heterocycles. The van der Waals surface area contributed by atoms with Crippen molar-refractivity contribution in [2.24, 2.45) is 4.99 Å². The van der Waals surface area contributed by atoms with Crippen molar-refractivity contribution >= 4 is 12.2 Å². The predicted molar refractivity (Wildman–Crippen MR) is 49.4 cm³/mol. The second-order valence-corrected chi connectivity index (χ2v) is 2.73. The molecule has 68 valence electrons. The molecule has 0 atom stereocenters. The maximum atomic E-state index is 10.8. The third-order valence-electron chi connectivity index (χ3n) is 1.22. The lowest BCUT2D eigenvalue weighted by Crippen LogP contribution is -2.01. The number of ether oxygens (including phenoxy) is 1. The van der Waals surface area contributed by atoms with Crippen molar-refractivity contribution in [1.29, 1.82) is 0 Å². The van der Waals surface area contributed by atoms with Crippen LogP contribution in [0.15, 0.2) is 16.6 Å². The van der Waals surface area contributed by atoms with Gasteiger partial charge in [0.05, 0.1) is 7.11 Å². The van der Waals surface area contributed by atoms with Crippen LogP contribution in [0.3, 0.4) is 0 Å². The number of nitrogens with zero attached hydrogens (tertiary/aromatic N) is 1. The van der Waals surface area contributed by atoms with Crippen molar-refractivity contribution in [3.8, 4) is 0 Å². The number of methoxy groups -OCH3 is 1. The Hall–Kier alpha value is -1.12. The standard InChI is InChI=1S/C9H15NO2/c1-7(2)10-6-5-8(3)9(11)12-4/h5-7H,1-4H3/b8-5+,10-6?. The summed E-state index contributed by atoms with van der Waals surface area (Å²) in [5.41, 5.74) is 0.557. The van der Waals surface area contributed by atoms with E-state index in [4.69, 9.17) is 0 Å². The third kappa shape index (κ3) is 4.66. The van der Waals surface area contributed by atoms with Crippen LogP contribution < -0.4 is 0 Å². The van der Waals surface area contributed by atoms with Gasteiger partial charge in [0.2, 0.25) is 0 Å². The monoisotopic (exact) mass is 169 g/mol. The Labute approximate surface area is 73.1 Å². The molecule has 0 radical (unpaired) electrons. The van der Waals surface area contributed by atoms with Crippen LogP contribution in [0.2, 0.25) is 0 Å². The van der Waals surface area contributed by atoms with E-state index in [1.54, 1.807) is 19.2 Å². The van der Waals surface area contributed by atoms with Crippen LogP contribution in [0.5, 0.6) is 0 Å². The van der Waals surface area contributed by atoms with Gasteiger partial charge >= 0.3 is 5.97 Å². The number of rotatable bonds is 3. The van der Waals surface area contributed by atoms with Gasteiger partial charge in [0.1, 0.15) is 0 Å². The van der Waals surface area contributed by atoms with Crippen molar-refractivity contribution < 1.29 is 9.53 Å². The molecule has 0 bridgehead atoms. The lowest BCUT2D eigenvalue weighted by atomic mass is 10.3. The number of aliphatic imine (C=N–C) groups is 1. The van der Waals surface area contributed by atoms with E-state index in [-0.39, 0.29) is 12.0 Å². The molecule has 3 nitrogen and oxygen atoms in total. The Bertz CT molecular complexity index is 205. The highest BCUT2D eigenvalue weighted by Gasteiger charge is 1.99. The molecule has 0 aliphatic rings. The number of hydrogen-bond acceptors (Lipinski definition) is 3. The topological polar surface area (TPSA) is 38.7 Å². The van der Waals surface area contributed by atoms with Crippen molar-refractivity contribution in [1.82, 2.24) is 0 Å². The van der Waals surface area contributed by atoms with Gasteiger partial charge in [-0.1, -0.05) is 0 Å². The molecule has 0 amide bonds. The normalized spacial score (nSPS) is 12.6. The zero-order valence-electron chi connectivity index (χ0n) is 8.00. The van der Waals surface area contributed by atoms with Gasteiger partial charge in [-0.2, -0.15) is 0 Å². The maximum Gasteiger partial charge on any atom is 0.333 e. The first-order chi connectivity index (χ1) is 5.57. The molecule has 0 aromatic rings. The van der Waals surface area contributed by atoms with Crippen LogP contribution in [0.25, 0.3) is 0 Å². The van der Waals surface area contributed by atoms with E-state index < -0.39 is 0 Å². The van der Waals surface area contributed by atoms with Crippen LogP contribution >= 0.6 is 0 Å². The summed E-state index contributed by atoms with van der Waals surface area (Å²) < 4.78 is 4.50. The highest BCUT2D eigenvalue weighted by Crippen LogP contribution is 1.93. The second-order valence-electron chi connectivity index (χ2n) is 2.73. The number of esters is 1. The fraction of sp³-hybridized carbons (Fsp3) is 0.556. The highest BCUT2D eigenvalue weighted by molar-refractivity contribution is 5.92. The van der Waals surface area contributed by atoms with Crippen molar-refractivity contribution in [2.45, 2.75) is 26.8 Å². The van der Waals surface area contributed by atoms with Crippen LogP contribution in [0, 0.1) is 0 Å². The zero-order chi connectivity index (χ0) is 9.56. The lowest BCUT2D eigenvalue weighted by Gasteiger charge is -1.96. The summed E-state index contributed by atoms with van der Waals surface area (Å²) in [6, 6.07) is 0.256. The van der Waals surface area contributed by atoms with Gasteiger partial charge in [0, 0.05) is 17.8 Å². The smallest absolute Gasteiger partial charge is 0.333 e. The second kappa shape index (κ2) is 5.52. The highest BCUT2D eigenvalue weighted by atomic mass is 16.5. The number of carbonyl (C=O) groups excluding carboxylic acids is 1. The van der Waals surface area contributed by atoms with Gasteiger partial charge in [0.15, 0.2) is 0 Å². The van der Waals surface area contributed by atoms with Gasteiger partial charge < -0.3 is 4.74 Å². The Morgan fingerprint density at radius 3 is 2.50 bits per heavy atom. The summed E-state index contributed by atoms with van der Waals surface area (Å²) >= 11 is 0. The molecular formula is C9H15NO2. The van der Waals surface area contributed by atoms with Crippen LogP contribution in [0.4, 0.5) is 0 Å². The molecule has 12 heavy (non-hydrogen) atoms. The number of carbonyl (C=O) groups is 1. The van der Waals surface area contributed by atoms with Crippen molar-refractivity contribution in [2.75, 3.05) is 7.11 Å². The van der Waals surface area contributed by atoms with Gasteiger partial charge in [-0.15, -0.1) is 0 Å². The van der Waals surface area contributed by atoms with Gasteiger partial charge in [-0.3, -0.25) is 4.99 Å². The minimum atomic E-state index is -0.315. The fourth-order valence-corrected chi connectivity index (χ4v) is 0.556. The minimum Gasteiger partial charge on any atom is -0.466 e. The van der Waals surface area contributed by atoms with Crippen LogP contribution in [-0.4, -0.2) is 25.3 Å². The predicted octanol–water partition coefficient (Wildman–Crippen LogP) is 1.58. The maximum absolute atomic E-state index is 10.8. The first-order valence-electron chi connectivity index (χ1n) is 3.86. The van der Waals surface area contributed by atoms with Gasteiger partial charge in [-0.25, -0.2) is 4.79 Å². The van der Waals surface area contributed by atoms with E-state index in [1.165, 1.54) is 7.11 Å². The molecule has 3 heteroatoms. The van der Waals surface area contributed by atoms with E-state index in [2.05, 4.69) is 9.73 Å². The SMILES string of the molecule is COC(=O)/C(C)=C/C=NC(C)C. The molecule has 0 heterocycles. The molecule has 0 saturated carbocycles. The van der Waals surface area contributed by atoms with Gasteiger partial charge in [0.25, 0.3) is 0 Å². The van der Waals surface area contributed by atoms with Crippen LogP contribution in [0.1, 0.15) is 20.8 Å². The summed E-state index contributed by atoms with van der Waals surface area (Å²) in [4.78, 5) is 14.9. The summed E-state index contributed by atoms with van der Waals surface area (Å²) in [6.07, 6.45) is 3.27. The zero-order valence-corrected chi connectivity index (χ0v) is 8.00. The molecule has 0 rings (SSSR count). The molecule has 0 unspecified atom stereocenters. The molecule has 0 aromatic heterocycles. The average molecular weight is 169 g/mol. The third-order valence-corrected chi connectivity index (χ3v) is 1.22. The van der Waals surface area contributed by atoms with Crippen LogP contribution in [-0.2, 0) is 9.53 Å².